The zero-order valence-corrected chi connectivity index (χ0v) is 17.6. The van der Waals surface area contributed by atoms with Gasteiger partial charge in [-0.3, -0.25) is 0 Å². The molecule has 0 saturated heterocycles. The summed E-state index contributed by atoms with van der Waals surface area (Å²) in [5.74, 6) is -0.661. The van der Waals surface area contributed by atoms with Gasteiger partial charge in [0.1, 0.15) is 11.6 Å². The van der Waals surface area contributed by atoms with Crippen LogP contribution in [0.4, 0.5) is 8.78 Å². The van der Waals surface area contributed by atoms with Gasteiger partial charge >= 0.3 is 0 Å². The highest BCUT2D eigenvalue weighted by Crippen LogP contribution is 2.32. The Labute approximate surface area is 181 Å². The number of unbranched alkanes of at least 4 members (excludes halogenated alkanes) is 2. The molecule has 0 heterocycles. The topological polar surface area (TPSA) is 0 Å². The molecule has 0 aliphatic rings. The lowest BCUT2D eigenvalue weighted by atomic mass is 9.96. The highest BCUT2D eigenvalue weighted by atomic mass is 35.5. The summed E-state index contributed by atoms with van der Waals surface area (Å²) < 4.78 is 29.0. The van der Waals surface area contributed by atoms with Gasteiger partial charge in [0, 0.05) is 10.9 Å². The van der Waals surface area contributed by atoms with Crippen LogP contribution in [0.15, 0.2) is 72.8 Å². The molecule has 0 radical (unpaired) electrons. The van der Waals surface area contributed by atoms with Gasteiger partial charge in [-0.2, -0.15) is 0 Å². The van der Waals surface area contributed by atoms with E-state index in [1.165, 1.54) is 24.5 Å². The second-order valence-corrected chi connectivity index (χ2v) is 8.05. The van der Waals surface area contributed by atoms with Crippen LogP contribution in [-0.4, -0.2) is 0 Å². The van der Waals surface area contributed by atoms with E-state index in [9.17, 15) is 4.39 Å². The summed E-state index contributed by atoms with van der Waals surface area (Å²) in [4.78, 5) is 0. The Morgan fingerprint density at radius 2 is 1.47 bits per heavy atom. The lowest BCUT2D eigenvalue weighted by Gasteiger charge is -2.10. The predicted molar refractivity (Wildman–Crippen MR) is 123 cm³/mol. The van der Waals surface area contributed by atoms with Crippen molar-refractivity contribution in [1.29, 1.82) is 0 Å². The van der Waals surface area contributed by atoms with Crippen LogP contribution in [0.1, 0.15) is 31.7 Å². The first kappa shape index (κ1) is 20.6. The van der Waals surface area contributed by atoms with E-state index in [2.05, 4.69) is 13.0 Å². The normalized spacial score (nSPS) is 11.2. The van der Waals surface area contributed by atoms with Crippen molar-refractivity contribution in [1.82, 2.24) is 0 Å². The minimum absolute atomic E-state index is 0.0992. The Kier molecular flexibility index (Phi) is 6.15. The first-order chi connectivity index (χ1) is 14.6. The monoisotopic (exact) mass is 420 g/mol. The number of benzene rings is 4. The number of hydrogen-bond donors (Lipinski definition) is 0. The SMILES string of the molecule is CCCCCc1ccc2c(F)c(-c3ccc(-c4ccc(Cl)c(F)c4)cc3)ccc2c1. The third-order valence-corrected chi connectivity index (χ3v) is 5.84. The highest BCUT2D eigenvalue weighted by Gasteiger charge is 2.11. The number of hydrogen-bond acceptors (Lipinski definition) is 0. The maximum Gasteiger partial charge on any atom is 0.142 e. The van der Waals surface area contributed by atoms with Gasteiger partial charge in [-0.25, -0.2) is 8.78 Å². The van der Waals surface area contributed by atoms with E-state index in [-0.39, 0.29) is 10.8 Å². The van der Waals surface area contributed by atoms with Crippen LogP contribution in [0.2, 0.25) is 5.02 Å². The Balaban J connectivity index is 1.63. The fourth-order valence-corrected chi connectivity index (χ4v) is 3.93. The number of fused-ring (bicyclic) bond motifs is 1. The van der Waals surface area contributed by atoms with Crippen LogP contribution < -0.4 is 0 Å². The molecule has 0 nitrogen and oxygen atoms in total. The Morgan fingerprint density at radius 1 is 0.733 bits per heavy atom. The molecule has 0 saturated carbocycles. The molecule has 4 rings (SSSR count). The summed E-state index contributed by atoms with van der Waals surface area (Å²) in [6.45, 7) is 2.19. The van der Waals surface area contributed by atoms with E-state index in [0.29, 0.717) is 10.9 Å². The second-order valence-electron chi connectivity index (χ2n) is 7.65. The molecule has 4 aromatic rings. The lowest BCUT2D eigenvalue weighted by Crippen LogP contribution is -1.90. The van der Waals surface area contributed by atoms with Gasteiger partial charge in [-0.1, -0.05) is 92.0 Å². The minimum atomic E-state index is -0.451. The van der Waals surface area contributed by atoms with E-state index in [1.807, 2.05) is 48.5 Å². The van der Waals surface area contributed by atoms with Crippen LogP contribution in [-0.2, 0) is 6.42 Å². The highest BCUT2D eigenvalue weighted by molar-refractivity contribution is 6.30. The summed E-state index contributed by atoms with van der Waals surface area (Å²) in [5.41, 5.74) is 4.20. The molecule has 0 bridgehead atoms. The van der Waals surface area contributed by atoms with Crippen molar-refractivity contribution in [3.63, 3.8) is 0 Å². The lowest BCUT2D eigenvalue weighted by molar-refractivity contribution is 0.629. The molecule has 0 aromatic heterocycles. The molecule has 0 aliphatic heterocycles. The van der Waals surface area contributed by atoms with Crippen LogP contribution in [0.3, 0.4) is 0 Å². The van der Waals surface area contributed by atoms with E-state index in [0.717, 1.165) is 34.9 Å². The van der Waals surface area contributed by atoms with Gasteiger partial charge in [0.25, 0.3) is 0 Å². The molecule has 0 amide bonds. The van der Waals surface area contributed by atoms with Crippen LogP contribution in [0.5, 0.6) is 0 Å². The van der Waals surface area contributed by atoms with Gasteiger partial charge in [-0.15, -0.1) is 0 Å². The van der Waals surface area contributed by atoms with E-state index >= 15 is 4.39 Å². The van der Waals surface area contributed by atoms with Crippen molar-refractivity contribution in [2.24, 2.45) is 0 Å². The maximum atomic E-state index is 15.2. The summed E-state index contributed by atoms with van der Waals surface area (Å²) >= 11 is 5.76. The number of rotatable bonds is 6. The summed E-state index contributed by atoms with van der Waals surface area (Å²) in [5, 5.41) is 1.66. The summed E-state index contributed by atoms with van der Waals surface area (Å²) in [7, 11) is 0. The molecule has 0 atom stereocenters. The van der Waals surface area contributed by atoms with E-state index in [4.69, 9.17) is 11.6 Å². The molecule has 30 heavy (non-hydrogen) atoms. The fraction of sp³-hybridized carbons (Fsp3) is 0.185. The molecule has 0 fully saturated rings. The molecule has 0 N–H and O–H groups in total. The number of aryl methyl sites for hydroxylation is 1. The summed E-state index contributed by atoms with van der Waals surface area (Å²) in [6, 6.07) is 22.0. The standard InChI is InChI=1S/C27H23ClF2/c1-2-3-4-5-18-6-13-24-22(16-18)11-14-23(27(24)30)20-9-7-19(8-10-20)21-12-15-25(28)26(29)17-21/h6-17H,2-5H2,1H3. The molecular formula is C27H23ClF2. The molecule has 152 valence electrons. The molecule has 0 unspecified atom stereocenters. The van der Waals surface area contributed by atoms with Crippen LogP contribution in [0, 0.1) is 11.6 Å². The average molecular weight is 421 g/mol. The Bertz CT molecular complexity index is 1180. The van der Waals surface area contributed by atoms with Crippen molar-refractivity contribution >= 4 is 22.4 Å². The van der Waals surface area contributed by atoms with Gasteiger partial charge < -0.3 is 0 Å². The molecule has 3 heteroatoms. The van der Waals surface area contributed by atoms with E-state index < -0.39 is 5.82 Å². The quantitative estimate of drug-likeness (QED) is 0.273. The van der Waals surface area contributed by atoms with Crippen LogP contribution in [0.25, 0.3) is 33.0 Å². The van der Waals surface area contributed by atoms with Crippen LogP contribution >= 0.6 is 11.6 Å². The molecule has 0 spiro atoms. The second kappa shape index (κ2) is 8.97. The maximum absolute atomic E-state index is 15.2. The molecular weight excluding hydrogens is 398 g/mol. The Morgan fingerprint density at radius 3 is 2.20 bits per heavy atom. The minimum Gasteiger partial charge on any atom is -0.206 e. The van der Waals surface area contributed by atoms with Crippen molar-refractivity contribution < 1.29 is 8.78 Å². The zero-order valence-electron chi connectivity index (χ0n) is 16.9. The van der Waals surface area contributed by atoms with Gasteiger partial charge in [0.05, 0.1) is 5.02 Å². The first-order valence-electron chi connectivity index (χ1n) is 10.3. The van der Waals surface area contributed by atoms with Crippen molar-refractivity contribution in [2.75, 3.05) is 0 Å². The van der Waals surface area contributed by atoms with Gasteiger partial charge in [-0.05, 0) is 52.6 Å². The molecule has 0 aliphatic carbocycles. The van der Waals surface area contributed by atoms with Crippen molar-refractivity contribution in [3.8, 4) is 22.3 Å². The largest absolute Gasteiger partial charge is 0.206 e. The Hall–Kier alpha value is -2.71. The molecule has 4 aromatic carbocycles. The zero-order chi connectivity index (χ0) is 21.1. The van der Waals surface area contributed by atoms with Gasteiger partial charge in [0.2, 0.25) is 0 Å². The fourth-order valence-electron chi connectivity index (χ4n) is 3.82. The summed E-state index contributed by atoms with van der Waals surface area (Å²) in [6.07, 6.45) is 4.59. The van der Waals surface area contributed by atoms with Crippen molar-refractivity contribution in [2.45, 2.75) is 32.6 Å². The smallest absolute Gasteiger partial charge is 0.142 e. The van der Waals surface area contributed by atoms with E-state index in [1.54, 1.807) is 12.1 Å². The number of halogens is 3. The first-order valence-corrected chi connectivity index (χ1v) is 10.7. The van der Waals surface area contributed by atoms with Gasteiger partial charge in [0.15, 0.2) is 0 Å². The third kappa shape index (κ3) is 4.24. The predicted octanol–water partition coefficient (Wildman–Crippen LogP) is 8.84. The third-order valence-electron chi connectivity index (χ3n) is 5.54. The average Bonchev–Trinajstić information content (AvgIpc) is 2.76. The van der Waals surface area contributed by atoms with Crippen molar-refractivity contribution in [3.05, 3.63) is 95.0 Å².